The van der Waals surface area contributed by atoms with Gasteiger partial charge in [-0.15, -0.1) is 0 Å². The van der Waals surface area contributed by atoms with E-state index in [0.29, 0.717) is 11.3 Å². The number of benzene rings is 1. The van der Waals surface area contributed by atoms with Crippen LogP contribution >= 0.6 is 0 Å². The van der Waals surface area contributed by atoms with Crippen LogP contribution in [0, 0.1) is 0 Å². The zero-order valence-corrected chi connectivity index (χ0v) is 10.9. The molecule has 1 heterocycles. The molecule has 2 rings (SSSR count). The van der Waals surface area contributed by atoms with Crippen molar-refractivity contribution in [1.82, 2.24) is 5.32 Å². The number of amidine groups is 1. The van der Waals surface area contributed by atoms with Crippen LogP contribution in [0.3, 0.4) is 0 Å². The predicted octanol–water partition coefficient (Wildman–Crippen LogP) is 0.321. The largest absolute Gasteiger partial charge is 0.496 e. The Morgan fingerprint density at radius 1 is 1.63 bits per heavy atom. The van der Waals surface area contributed by atoms with Gasteiger partial charge in [0, 0.05) is 13.1 Å². The Balaban J connectivity index is 2.17. The van der Waals surface area contributed by atoms with E-state index in [2.05, 4.69) is 10.5 Å². The zero-order valence-electron chi connectivity index (χ0n) is 10.9. The molecule has 1 aliphatic rings. The van der Waals surface area contributed by atoms with Crippen molar-refractivity contribution in [1.29, 1.82) is 0 Å². The normalized spacial score (nSPS) is 20.3. The number of nitrogens with two attached hydrogens (primary N) is 1. The maximum absolute atomic E-state index is 8.79. The first kappa shape index (κ1) is 13.6. The second kappa shape index (κ2) is 6.40. The van der Waals surface area contributed by atoms with E-state index in [9.17, 15) is 0 Å². The van der Waals surface area contributed by atoms with E-state index in [1.54, 1.807) is 7.11 Å². The number of nitrogens with zero attached hydrogens (tertiary/aromatic N) is 1. The van der Waals surface area contributed by atoms with Gasteiger partial charge in [0.05, 0.1) is 25.4 Å². The summed E-state index contributed by atoms with van der Waals surface area (Å²) in [6.07, 6.45) is 0.935. The van der Waals surface area contributed by atoms with Crippen LogP contribution in [0.1, 0.15) is 11.1 Å². The van der Waals surface area contributed by atoms with Gasteiger partial charge in [-0.3, -0.25) is 0 Å². The molecule has 19 heavy (non-hydrogen) atoms. The summed E-state index contributed by atoms with van der Waals surface area (Å²) < 4.78 is 10.9. The number of nitrogens with one attached hydrogen (secondary N) is 1. The Kier molecular flexibility index (Phi) is 4.59. The third kappa shape index (κ3) is 3.36. The van der Waals surface area contributed by atoms with Crippen LogP contribution in [-0.2, 0) is 11.2 Å². The Labute approximate surface area is 112 Å². The molecule has 104 valence electrons. The molecule has 1 aromatic carbocycles. The van der Waals surface area contributed by atoms with Crippen molar-refractivity contribution in [3.8, 4) is 5.75 Å². The molecule has 0 radical (unpaired) electrons. The van der Waals surface area contributed by atoms with E-state index in [1.165, 1.54) is 0 Å². The van der Waals surface area contributed by atoms with Crippen molar-refractivity contribution in [2.24, 2.45) is 10.9 Å². The van der Waals surface area contributed by atoms with Crippen LogP contribution in [-0.4, -0.2) is 44.0 Å². The number of ether oxygens (including phenoxy) is 2. The van der Waals surface area contributed by atoms with Gasteiger partial charge in [0.25, 0.3) is 0 Å². The van der Waals surface area contributed by atoms with Crippen LogP contribution in [0.2, 0.25) is 0 Å². The topological polar surface area (TPSA) is 89.1 Å². The minimum Gasteiger partial charge on any atom is -0.496 e. The minimum absolute atomic E-state index is 0.0430. The first-order valence-corrected chi connectivity index (χ1v) is 6.21. The maximum atomic E-state index is 8.79. The highest BCUT2D eigenvalue weighted by molar-refractivity contribution is 5.99. The molecule has 1 fully saturated rings. The molecule has 0 aliphatic carbocycles. The Hall–Kier alpha value is -1.79. The van der Waals surface area contributed by atoms with Gasteiger partial charge in [-0.1, -0.05) is 11.2 Å². The van der Waals surface area contributed by atoms with E-state index in [1.807, 2.05) is 18.2 Å². The van der Waals surface area contributed by atoms with Gasteiger partial charge >= 0.3 is 0 Å². The van der Waals surface area contributed by atoms with Gasteiger partial charge in [-0.25, -0.2) is 0 Å². The van der Waals surface area contributed by atoms with E-state index >= 15 is 0 Å². The van der Waals surface area contributed by atoms with Gasteiger partial charge in [-0.2, -0.15) is 0 Å². The molecular formula is C13H19N3O3. The number of rotatable bonds is 4. The van der Waals surface area contributed by atoms with Gasteiger partial charge in [-0.05, 0) is 24.1 Å². The predicted molar refractivity (Wildman–Crippen MR) is 71.8 cm³/mol. The number of hydrogen-bond donors (Lipinski definition) is 3. The van der Waals surface area contributed by atoms with Crippen LogP contribution < -0.4 is 15.8 Å². The van der Waals surface area contributed by atoms with Gasteiger partial charge < -0.3 is 25.7 Å². The number of methoxy groups -OCH3 is 1. The van der Waals surface area contributed by atoms with Crippen molar-refractivity contribution in [2.75, 3.05) is 26.8 Å². The number of morpholine rings is 1. The second-order valence-corrected chi connectivity index (χ2v) is 4.42. The van der Waals surface area contributed by atoms with E-state index in [4.69, 9.17) is 20.4 Å². The first-order valence-electron chi connectivity index (χ1n) is 6.21. The average Bonchev–Trinajstić information content (AvgIpc) is 2.47. The number of oxime groups is 1. The minimum atomic E-state index is 0.0430. The van der Waals surface area contributed by atoms with Crippen LogP contribution in [0.5, 0.6) is 5.75 Å². The molecular weight excluding hydrogens is 246 g/mol. The highest BCUT2D eigenvalue weighted by Crippen LogP contribution is 2.21. The SMILES string of the molecule is COc1ccc(CC2CNCCO2)cc1/C(N)=N\O. The molecule has 1 saturated heterocycles. The lowest BCUT2D eigenvalue weighted by Gasteiger charge is -2.24. The highest BCUT2D eigenvalue weighted by atomic mass is 16.5. The summed E-state index contributed by atoms with van der Waals surface area (Å²) in [5.41, 5.74) is 7.30. The second-order valence-electron chi connectivity index (χ2n) is 4.42. The maximum Gasteiger partial charge on any atom is 0.173 e. The smallest absolute Gasteiger partial charge is 0.173 e. The van der Waals surface area contributed by atoms with Crippen molar-refractivity contribution in [3.63, 3.8) is 0 Å². The average molecular weight is 265 g/mol. The molecule has 1 unspecified atom stereocenters. The molecule has 0 saturated carbocycles. The van der Waals surface area contributed by atoms with Crippen molar-refractivity contribution in [2.45, 2.75) is 12.5 Å². The van der Waals surface area contributed by atoms with Gasteiger partial charge in [0.1, 0.15) is 5.75 Å². The third-order valence-electron chi connectivity index (χ3n) is 3.12. The van der Waals surface area contributed by atoms with Crippen LogP contribution in [0.25, 0.3) is 0 Å². The summed E-state index contributed by atoms with van der Waals surface area (Å²) in [5, 5.41) is 15.1. The summed E-state index contributed by atoms with van der Waals surface area (Å²) in [6.45, 7) is 2.47. The molecule has 6 nitrogen and oxygen atoms in total. The molecule has 1 aliphatic heterocycles. The molecule has 1 aromatic rings. The first-order chi connectivity index (χ1) is 9.24. The highest BCUT2D eigenvalue weighted by Gasteiger charge is 2.16. The van der Waals surface area contributed by atoms with Gasteiger partial charge in [0.2, 0.25) is 0 Å². The zero-order chi connectivity index (χ0) is 13.7. The summed E-state index contributed by atoms with van der Waals surface area (Å²) in [4.78, 5) is 0. The molecule has 6 heteroatoms. The molecule has 4 N–H and O–H groups in total. The Morgan fingerprint density at radius 3 is 3.11 bits per heavy atom. The lowest BCUT2D eigenvalue weighted by atomic mass is 10.0. The standard InChI is InChI=1S/C13H19N3O3/c1-18-12-3-2-9(7-11(12)13(14)16-17)6-10-8-15-4-5-19-10/h2-3,7,10,15,17H,4-6,8H2,1H3,(H2,14,16). The fourth-order valence-corrected chi connectivity index (χ4v) is 2.15. The summed E-state index contributed by atoms with van der Waals surface area (Å²) in [7, 11) is 1.55. The molecule has 0 bridgehead atoms. The lowest BCUT2D eigenvalue weighted by molar-refractivity contribution is 0.0292. The van der Waals surface area contributed by atoms with Crippen molar-refractivity contribution in [3.05, 3.63) is 29.3 Å². The fraction of sp³-hybridized carbons (Fsp3) is 0.462. The van der Waals surface area contributed by atoms with E-state index < -0.39 is 0 Å². The van der Waals surface area contributed by atoms with Gasteiger partial charge in [0.15, 0.2) is 5.84 Å². The quantitative estimate of drug-likeness (QED) is 0.316. The van der Waals surface area contributed by atoms with E-state index in [0.717, 1.165) is 31.7 Å². The monoisotopic (exact) mass is 265 g/mol. The lowest BCUT2D eigenvalue weighted by Crippen LogP contribution is -2.39. The summed E-state index contributed by atoms with van der Waals surface area (Å²) >= 11 is 0. The van der Waals surface area contributed by atoms with E-state index in [-0.39, 0.29) is 11.9 Å². The molecule has 1 atom stereocenters. The Morgan fingerprint density at radius 2 is 2.47 bits per heavy atom. The molecule has 0 spiro atoms. The Bertz CT molecular complexity index is 456. The number of hydrogen-bond acceptors (Lipinski definition) is 5. The molecule has 0 aromatic heterocycles. The summed E-state index contributed by atoms with van der Waals surface area (Å²) in [5.74, 6) is 0.628. The fourth-order valence-electron chi connectivity index (χ4n) is 2.15. The van der Waals surface area contributed by atoms with Crippen molar-refractivity contribution >= 4 is 5.84 Å². The third-order valence-corrected chi connectivity index (χ3v) is 3.12. The van der Waals surface area contributed by atoms with Crippen LogP contribution in [0.15, 0.2) is 23.4 Å². The van der Waals surface area contributed by atoms with Crippen molar-refractivity contribution < 1.29 is 14.7 Å². The molecule has 0 amide bonds. The van der Waals surface area contributed by atoms with Crippen LogP contribution in [0.4, 0.5) is 0 Å². The summed E-state index contributed by atoms with van der Waals surface area (Å²) in [6, 6.07) is 5.65.